The van der Waals surface area contributed by atoms with Crippen LogP contribution in [0.1, 0.15) is 11.1 Å². The van der Waals surface area contributed by atoms with E-state index in [1.54, 1.807) is 12.5 Å². The molecule has 0 aliphatic carbocycles. The van der Waals surface area contributed by atoms with E-state index in [-0.39, 0.29) is 0 Å². The molecule has 1 aromatic carbocycles. The molecule has 0 spiro atoms. The summed E-state index contributed by atoms with van der Waals surface area (Å²) < 4.78 is 0. The molecule has 0 aliphatic rings. The van der Waals surface area contributed by atoms with Gasteiger partial charge < -0.3 is 5.32 Å². The van der Waals surface area contributed by atoms with Crippen molar-refractivity contribution >= 4 is 6.41 Å². The second-order valence-corrected chi connectivity index (χ2v) is 2.55. The van der Waals surface area contributed by atoms with Gasteiger partial charge in [0.15, 0.2) is 0 Å². The van der Waals surface area contributed by atoms with E-state index in [1.807, 2.05) is 18.2 Å². The molecule has 13 heavy (non-hydrogen) atoms. The van der Waals surface area contributed by atoms with E-state index in [0.717, 1.165) is 5.56 Å². The predicted molar refractivity (Wildman–Crippen MR) is 48.6 cm³/mol. The standard InChI is InChI=1S/C10H9N2O/c11-7-10-4-2-1-3-9(10)5-6-12-8-13/h1-4H,5-6H2,(H,12,13). The van der Waals surface area contributed by atoms with Gasteiger partial charge in [0.2, 0.25) is 0 Å². The third kappa shape index (κ3) is 2.60. The third-order valence-electron chi connectivity index (χ3n) is 1.73. The van der Waals surface area contributed by atoms with Crippen molar-refractivity contribution in [3.05, 3.63) is 35.4 Å². The van der Waals surface area contributed by atoms with Crippen LogP contribution in [-0.4, -0.2) is 13.0 Å². The molecule has 3 heteroatoms. The van der Waals surface area contributed by atoms with Gasteiger partial charge in [0, 0.05) is 6.54 Å². The Kier molecular flexibility index (Phi) is 3.52. The molecule has 1 rings (SSSR count). The topological polar surface area (TPSA) is 52.9 Å². The van der Waals surface area contributed by atoms with Crippen LogP contribution in [0.5, 0.6) is 0 Å². The molecule has 1 amide bonds. The molecule has 0 saturated carbocycles. The van der Waals surface area contributed by atoms with Crippen molar-refractivity contribution in [2.75, 3.05) is 6.54 Å². The highest BCUT2D eigenvalue weighted by Crippen LogP contribution is 2.06. The van der Waals surface area contributed by atoms with Crippen LogP contribution in [0.4, 0.5) is 0 Å². The molecule has 0 atom stereocenters. The number of hydrogen-bond donors (Lipinski definition) is 1. The van der Waals surface area contributed by atoms with Crippen LogP contribution in [0.15, 0.2) is 24.3 Å². The van der Waals surface area contributed by atoms with Gasteiger partial charge in [0.1, 0.15) is 0 Å². The average Bonchev–Trinajstić information content (AvgIpc) is 2.19. The van der Waals surface area contributed by atoms with Crippen LogP contribution in [-0.2, 0) is 11.2 Å². The molecule has 3 nitrogen and oxygen atoms in total. The van der Waals surface area contributed by atoms with Gasteiger partial charge in [-0.2, -0.15) is 5.26 Å². The number of rotatable bonds is 4. The molecule has 1 radical (unpaired) electrons. The minimum atomic E-state index is 0.516. The quantitative estimate of drug-likeness (QED) is 0.539. The fraction of sp³-hybridized carbons (Fsp3) is 0.200. The van der Waals surface area contributed by atoms with Crippen molar-refractivity contribution in [3.63, 3.8) is 0 Å². The van der Waals surface area contributed by atoms with E-state index in [4.69, 9.17) is 5.26 Å². The molecule has 0 fully saturated rings. The van der Waals surface area contributed by atoms with E-state index in [1.165, 1.54) is 0 Å². The van der Waals surface area contributed by atoms with E-state index in [2.05, 4.69) is 11.4 Å². The minimum Gasteiger partial charge on any atom is -0.348 e. The van der Waals surface area contributed by atoms with Crippen molar-refractivity contribution in [2.45, 2.75) is 6.42 Å². The second-order valence-electron chi connectivity index (χ2n) is 2.55. The fourth-order valence-corrected chi connectivity index (χ4v) is 1.10. The minimum absolute atomic E-state index is 0.516. The van der Waals surface area contributed by atoms with Gasteiger partial charge in [-0.1, -0.05) is 18.2 Å². The maximum Gasteiger partial charge on any atom is 0.309 e. The first-order valence-corrected chi connectivity index (χ1v) is 3.96. The number of amides is 1. The summed E-state index contributed by atoms with van der Waals surface area (Å²) in [6, 6.07) is 9.44. The largest absolute Gasteiger partial charge is 0.348 e. The Hall–Kier alpha value is -1.82. The van der Waals surface area contributed by atoms with Crippen molar-refractivity contribution in [1.82, 2.24) is 5.32 Å². The van der Waals surface area contributed by atoms with Crippen molar-refractivity contribution in [3.8, 4) is 6.07 Å². The Morgan fingerprint density at radius 3 is 2.85 bits per heavy atom. The number of benzene rings is 1. The highest BCUT2D eigenvalue weighted by molar-refractivity contribution is 5.47. The van der Waals surface area contributed by atoms with Crippen molar-refractivity contribution in [2.24, 2.45) is 0 Å². The average molecular weight is 173 g/mol. The van der Waals surface area contributed by atoms with Gasteiger partial charge in [-0.15, -0.1) is 0 Å². The number of carbonyl (C=O) groups excluding carboxylic acids is 1. The summed E-state index contributed by atoms with van der Waals surface area (Å²) >= 11 is 0. The summed E-state index contributed by atoms with van der Waals surface area (Å²) in [4.78, 5) is 9.85. The summed E-state index contributed by atoms with van der Waals surface area (Å²) in [5.74, 6) is 0. The van der Waals surface area contributed by atoms with E-state index >= 15 is 0 Å². The molecule has 0 aliphatic heterocycles. The van der Waals surface area contributed by atoms with E-state index in [0.29, 0.717) is 18.5 Å². The van der Waals surface area contributed by atoms with Gasteiger partial charge in [-0.3, -0.25) is 4.79 Å². The van der Waals surface area contributed by atoms with Crippen LogP contribution >= 0.6 is 0 Å². The summed E-state index contributed by atoms with van der Waals surface area (Å²) in [6.07, 6.45) is 2.26. The fourth-order valence-electron chi connectivity index (χ4n) is 1.10. The Labute approximate surface area is 77.0 Å². The Morgan fingerprint density at radius 2 is 2.15 bits per heavy atom. The van der Waals surface area contributed by atoms with Gasteiger partial charge >= 0.3 is 6.41 Å². The normalized spacial score (nSPS) is 8.85. The maximum absolute atomic E-state index is 9.85. The Balaban J connectivity index is 2.65. The van der Waals surface area contributed by atoms with Crippen molar-refractivity contribution in [1.29, 1.82) is 5.26 Å². The lowest BCUT2D eigenvalue weighted by molar-refractivity contribution is 0.542. The summed E-state index contributed by atoms with van der Waals surface area (Å²) in [6.45, 7) is 0.516. The van der Waals surface area contributed by atoms with Crippen LogP contribution in [0.3, 0.4) is 0 Å². The van der Waals surface area contributed by atoms with Gasteiger partial charge in [-0.25, -0.2) is 0 Å². The number of nitrogens with zero attached hydrogens (tertiary/aromatic N) is 1. The Morgan fingerprint density at radius 1 is 1.38 bits per heavy atom. The highest BCUT2D eigenvalue weighted by atomic mass is 16.1. The first kappa shape index (κ1) is 9.27. The molecule has 65 valence electrons. The van der Waals surface area contributed by atoms with Crippen LogP contribution in [0.25, 0.3) is 0 Å². The molecule has 1 N–H and O–H groups in total. The summed E-state index contributed by atoms with van der Waals surface area (Å²) in [5, 5.41) is 11.2. The smallest absolute Gasteiger partial charge is 0.309 e. The zero-order valence-electron chi connectivity index (χ0n) is 7.08. The van der Waals surface area contributed by atoms with E-state index in [9.17, 15) is 4.79 Å². The molecule has 0 heterocycles. The monoisotopic (exact) mass is 173 g/mol. The SMILES string of the molecule is N#Cc1ccccc1CCN[C]=O. The second kappa shape index (κ2) is 4.94. The van der Waals surface area contributed by atoms with Crippen LogP contribution < -0.4 is 5.32 Å². The molecule has 1 aromatic rings. The van der Waals surface area contributed by atoms with Crippen molar-refractivity contribution < 1.29 is 4.79 Å². The third-order valence-corrected chi connectivity index (χ3v) is 1.73. The zero-order chi connectivity index (χ0) is 9.52. The predicted octanol–water partition coefficient (Wildman–Crippen LogP) is 0.758. The molecule has 0 aromatic heterocycles. The molecule has 0 unspecified atom stereocenters. The lowest BCUT2D eigenvalue weighted by atomic mass is 10.1. The molecule has 0 saturated heterocycles. The lowest BCUT2D eigenvalue weighted by Crippen LogP contribution is -2.14. The molecular weight excluding hydrogens is 164 g/mol. The van der Waals surface area contributed by atoms with Gasteiger partial charge in [0.05, 0.1) is 11.6 Å². The summed E-state index contributed by atoms with van der Waals surface area (Å²) in [5.41, 5.74) is 1.61. The number of hydrogen-bond acceptors (Lipinski definition) is 2. The molecular formula is C10H9N2O. The first-order valence-electron chi connectivity index (χ1n) is 3.96. The number of nitriles is 1. The molecule has 0 bridgehead atoms. The summed E-state index contributed by atoms with van der Waals surface area (Å²) in [7, 11) is 0. The number of nitrogens with one attached hydrogen (secondary N) is 1. The Bertz CT molecular complexity index is 328. The first-order chi connectivity index (χ1) is 6.38. The van der Waals surface area contributed by atoms with E-state index < -0.39 is 0 Å². The van der Waals surface area contributed by atoms with Crippen LogP contribution in [0.2, 0.25) is 0 Å². The maximum atomic E-state index is 9.85. The lowest BCUT2D eigenvalue weighted by Gasteiger charge is -2.01. The van der Waals surface area contributed by atoms with Crippen LogP contribution in [0, 0.1) is 11.3 Å². The van der Waals surface area contributed by atoms with Gasteiger partial charge in [0.25, 0.3) is 0 Å². The zero-order valence-corrected chi connectivity index (χ0v) is 7.08. The highest BCUT2D eigenvalue weighted by Gasteiger charge is 1.98. The van der Waals surface area contributed by atoms with Gasteiger partial charge in [-0.05, 0) is 18.1 Å².